The molecule has 3 N–H and O–H groups in total. The van der Waals surface area contributed by atoms with E-state index in [2.05, 4.69) is 0 Å². The summed E-state index contributed by atoms with van der Waals surface area (Å²) >= 11 is 0. The second kappa shape index (κ2) is 5.71. The largest absolute Gasteiger partial charge is 0.295 e. The molecule has 0 radical (unpaired) electrons. The summed E-state index contributed by atoms with van der Waals surface area (Å²) in [6.07, 6.45) is 0. The number of sulfonamides is 1. The molecule has 7 nitrogen and oxygen atoms in total. The predicted octanol–water partition coefficient (Wildman–Crippen LogP) is 1.26. The summed E-state index contributed by atoms with van der Waals surface area (Å²) in [4.78, 5) is -1.53. The van der Waals surface area contributed by atoms with E-state index in [1.54, 1.807) is 6.07 Å². The minimum absolute atomic E-state index is 0.0353. The third-order valence-corrected chi connectivity index (χ3v) is 4.79. The SMILES string of the molecule is N#Cc1ccc(F)c(-c2c(S(N)(=O)=O)cccc2S(=O)(=O)O)c1. The van der Waals surface area contributed by atoms with E-state index in [9.17, 15) is 25.8 Å². The maximum atomic E-state index is 14.1. The zero-order chi connectivity index (χ0) is 17.4. The zero-order valence-corrected chi connectivity index (χ0v) is 12.9. The first kappa shape index (κ1) is 17.0. The standard InChI is InChI=1S/C13H9FN2O5S2/c14-10-5-4-8(7-15)6-9(10)13-11(22(16,17)18)2-1-3-12(13)23(19,20)21/h1-6H,(H2,16,17,18)(H,19,20,21). The van der Waals surface area contributed by atoms with Gasteiger partial charge >= 0.3 is 0 Å². The molecule has 0 bridgehead atoms. The van der Waals surface area contributed by atoms with Crippen LogP contribution in [0, 0.1) is 17.1 Å². The van der Waals surface area contributed by atoms with Crippen molar-refractivity contribution in [2.24, 2.45) is 5.14 Å². The number of benzene rings is 2. The second-order valence-corrected chi connectivity index (χ2v) is 7.38. The number of rotatable bonds is 3. The van der Waals surface area contributed by atoms with E-state index in [4.69, 9.17) is 10.4 Å². The smallest absolute Gasteiger partial charge is 0.282 e. The summed E-state index contributed by atoms with van der Waals surface area (Å²) in [7, 11) is -9.30. The Morgan fingerprint density at radius 1 is 1.09 bits per heavy atom. The third-order valence-electron chi connectivity index (χ3n) is 2.94. The summed E-state index contributed by atoms with van der Waals surface area (Å²) in [6, 6.07) is 7.61. The highest BCUT2D eigenvalue weighted by Crippen LogP contribution is 2.35. The molecule has 0 saturated carbocycles. The van der Waals surface area contributed by atoms with Crippen LogP contribution in [0.1, 0.15) is 5.56 Å². The molecular formula is C13H9FN2O5S2. The van der Waals surface area contributed by atoms with Crippen LogP contribution < -0.4 is 5.14 Å². The van der Waals surface area contributed by atoms with Crippen LogP contribution in [-0.2, 0) is 20.1 Å². The summed E-state index contributed by atoms with van der Waals surface area (Å²) in [5.41, 5.74) is -1.15. The number of halogens is 1. The topological polar surface area (TPSA) is 138 Å². The van der Waals surface area contributed by atoms with E-state index in [-0.39, 0.29) is 5.56 Å². The van der Waals surface area contributed by atoms with Crippen molar-refractivity contribution >= 4 is 20.1 Å². The first-order valence-electron chi connectivity index (χ1n) is 5.89. The van der Waals surface area contributed by atoms with Crippen molar-refractivity contribution in [3.05, 3.63) is 47.8 Å². The van der Waals surface area contributed by atoms with E-state index < -0.39 is 46.9 Å². The lowest BCUT2D eigenvalue weighted by molar-refractivity contribution is 0.483. The van der Waals surface area contributed by atoms with Gasteiger partial charge in [-0.25, -0.2) is 17.9 Å². The van der Waals surface area contributed by atoms with E-state index >= 15 is 0 Å². The number of nitrogens with two attached hydrogens (primary N) is 1. The Kier molecular flexibility index (Phi) is 4.23. The fourth-order valence-corrected chi connectivity index (χ4v) is 3.58. The lowest BCUT2D eigenvalue weighted by Gasteiger charge is -2.13. The van der Waals surface area contributed by atoms with Crippen molar-refractivity contribution in [1.29, 1.82) is 5.26 Å². The quantitative estimate of drug-likeness (QED) is 0.794. The molecule has 0 aromatic heterocycles. The van der Waals surface area contributed by atoms with Crippen molar-refractivity contribution in [1.82, 2.24) is 0 Å². The van der Waals surface area contributed by atoms with Gasteiger partial charge in [-0.05, 0) is 30.3 Å². The molecule has 0 spiro atoms. The van der Waals surface area contributed by atoms with Gasteiger partial charge in [0.2, 0.25) is 10.0 Å². The van der Waals surface area contributed by atoms with Gasteiger partial charge in [0.1, 0.15) is 10.7 Å². The third kappa shape index (κ3) is 3.38. The Hall–Kier alpha value is -2.32. The Bertz CT molecular complexity index is 990. The lowest BCUT2D eigenvalue weighted by Crippen LogP contribution is -2.15. The maximum Gasteiger partial charge on any atom is 0.295 e. The summed E-state index contributed by atoms with van der Waals surface area (Å²) < 4.78 is 69.8. The number of primary sulfonamides is 1. The van der Waals surface area contributed by atoms with E-state index in [0.717, 1.165) is 36.4 Å². The molecule has 23 heavy (non-hydrogen) atoms. The highest BCUT2D eigenvalue weighted by molar-refractivity contribution is 7.89. The Labute approximate surface area is 131 Å². The van der Waals surface area contributed by atoms with Gasteiger partial charge in [0.15, 0.2) is 0 Å². The molecule has 0 amide bonds. The molecule has 10 heteroatoms. The molecular weight excluding hydrogens is 347 g/mol. The minimum Gasteiger partial charge on any atom is -0.282 e. The molecule has 2 rings (SSSR count). The van der Waals surface area contributed by atoms with Crippen LogP contribution in [-0.4, -0.2) is 21.4 Å². The van der Waals surface area contributed by atoms with Crippen molar-refractivity contribution in [2.45, 2.75) is 9.79 Å². The molecule has 0 aliphatic heterocycles. The van der Waals surface area contributed by atoms with Crippen molar-refractivity contribution in [3.8, 4) is 17.2 Å². The van der Waals surface area contributed by atoms with Crippen LogP contribution in [0.5, 0.6) is 0 Å². The molecule has 0 unspecified atom stereocenters. The van der Waals surface area contributed by atoms with Crippen LogP contribution in [0.3, 0.4) is 0 Å². The minimum atomic E-state index is -4.87. The second-order valence-electron chi connectivity index (χ2n) is 4.46. The summed E-state index contributed by atoms with van der Waals surface area (Å²) in [5, 5.41) is 13.9. The monoisotopic (exact) mass is 356 g/mol. The summed E-state index contributed by atoms with van der Waals surface area (Å²) in [5.74, 6) is -0.981. The highest BCUT2D eigenvalue weighted by atomic mass is 32.2. The number of nitrogens with zero attached hydrogens (tertiary/aromatic N) is 1. The molecule has 0 fully saturated rings. The maximum absolute atomic E-state index is 14.1. The van der Waals surface area contributed by atoms with Crippen molar-refractivity contribution < 1.29 is 25.8 Å². The Morgan fingerprint density at radius 2 is 1.70 bits per heavy atom. The number of hydrogen-bond acceptors (Lipinski definition) is 5. The zero-order valence-electron chi connectivity index (χ0n) is 11.3. The molecule has 0 heterocycles. The van der Waals surface area contributed by atoms with Crippen LogP contribution in [0.4, 0.5) is 4.39 Å². The Morgan fingerprint density at radius 3 is 2.22 bits per heavy atom. The predicted molar refractivity (Wildman–Crippen MR) is 77.7 cm³/mol. The van der Waals surface area contributed by atoms with E-state index in [0.29, 0.717) is 0 Å². The van der Waals surface area contributed by atoms with Gasteiger partial charge in [0.05, 0.1) is 16.5 Å². The first-order valence-corrected chi connectivity index (χ1v) is 8.87. The van der Waals surface area contributed by atoms with Gasteiger partial charge in [-0.2, -0.15) is 13.7 Å². The van der Waals surface area contributed by atoms with Crippen LogP contribution in [0.25, 0.3) is 11.1 Å². The lowest BCUT2D eigenvalue weighted by atomic mass is 10.0. The fraction of sp³-hybridized carbons (Fsp3) is 0. The molecule has 2 aromatic rings. The van der Waals surface area contributed by atoms with Crippen LogP contribution in [0.2, 0.25) is 0 Å². The van der Waals surface area contributed by atoms with Gasteiger partial charge < -0.3 is 0 Å². The first-order chi connectivity index (χ1) is 10.6. The van der Waals surface area contributed by atoms with Gasteiger partial charge in [-0.3, -0.25) is 4.55 Å². The Balaban J connectivity index is 3.04. The number of hydrogen-bond donors (Lipinski definition) is 2. The van der Waals surface area contributed by atoms with Crippen LogP contribution in [0.15, 0.2) is 46.2 Å². The molecule has 120 valence electrons. The average molecular weight is 356 g/mol. The van der Waals surface area contributed by atoms with E-state index in [1.165, 1.54) is 0 Å². The normalized spacial score (nSPS) is 11.9. The van der Waals surface area contributed by atoms with Gasteiger partial charge in [-0.15, -0.1) is 0 Å². The van der Waals surface area contributed by atoms with Gasteiger partial charge in [-0.1, -0.05) is 6.07 Å². The highest BCUT2D eigenvalue weighted by Gasteiger charge is 2.26. The molecule has 0 atom stereocenters. The molecule has 0 saturated heterocycles. The number of nitriles is 1. The fourth-order valence-electron chi connectivity index (χ4n) is 2.01. The molecule has 2 aromatic carbocycles. The van der Waals surface area contributed by atoms with Crippen molar-refractivity contribution in [2.75, 3.05) is 0 Å². The van der Waals surface area contributed by atoms with Crippen molar-refractivity contribution in [3.63, 3.8) is 0 Å². The average Bonchev–Trinajstić information content (AvgIpc) is 2.45. The summed E-state index contributed by atoms with van der Waals surface area (Å²) in [6.45, 7) is 0. The van der Waals surface area contributed by atoms with Gasteiger partial charge in [0.25, 0.3) is 10.1 Å². The van der Waals surface area contributed by atoms with E-state index in [1.807, 2.05) is 0 Å². The molecule has 0 aliphatic carbocycles. The molecule has 0 aliphatic rings. The van der Waals surface area contributed by atoms with Crippen LogP contribution >= 0.6 is 0 Å². The van der Waals surface area contributed by atoms with Gasteiger partial charge in [0, 0.05) is 11.1 Å².